The van der Waals surface area contributed by atoms with E-state index in [1.165, 1.54) is 25.3 Å². The third-order valence-electron chi connectivity index (χ3n) is 2.72. The summed E-state index contributed by atoms with van der Waals surface area (Å²) in [5, 5.41) is -1.17. The normalized spacial score (nSPS) is 12.3. The van der Waals surface area contributed by atoms with Crippen LogP contribution >= 0.6 is 11.6 Å². The molecule has 2 aromatic carbocycles. The van der Waals surface area contributed by atoms with Crippen molar-refractivity contribution < 1.29 is 17.9 Å². The van der Waals surface area contributed by atoms with Gasteiger partial charge in [0.15, 0.2) is 0 Å². The van der Waals surface area contributed by atoms with Gasteiger partial charge in [0, 0.05) is 11.1 Å². The van der Waals surface area contributed by atoms with Gasteiger partial charge in [0.25, 0.3) is 0 Å². The molecule has 1 atom stereocenters. The maximum absolute atomic E-state index is 13.7. The molecule has 0 aromatic heterocycles. The first kappa shape index (κ1) is 13.7. The zero-order valence-electron chi connectivity index (χ0n) is 9.96. The van der Waals surface area contributed by atoms with Crippen LogP contribution in [0.4, 0.5) is 13.2 Å². The average Bonchev–Trinajstić information content (AvgIpc) is 2.38. The van der Waals surface area contributed by atoms with Crippen LogP contribution in [0, 0.1) is 17.5 Å². The molecular formula is C14H10ClF3O. The third kappa shape index (κ3) is 2.68. The monoisotopic (exact) mass is 286 g/mol. The van der Waals surface area contributed by atoms with Crippen LogP contribution in [0.2, 0.25) is 0 Å². The lowest BCUT2D eigenvalue weighted by Crippen LogP contribution is -2.03. The Hall–Kier alpha value is -1.68. The molecule has 0 radical (unpaired) electrons. The van der Waals surface area contributed by atoms with Crippen LogP contribution in [0.3, 0.4) is 0 Å². The number of hydrogen-bond donors (Lipinski definition) is 0. The van der Waals surface area contributed by atoms with E-state index in [1.54, 1.807) is 0 Å². The smallest absolute Gasteiger partial charge is 0.131 e. The van der Waals surface area contributed by atoms with E-state index in [0.29, 0.717) is 0 Å². The number of halogens is 4. The predicted octanol–water partition coefficient (Wildman–Crippen LogP) is 4.44. The van der Waals surface area contributed by atoms with E-state index >= 15 is 0 Å². The van der Waals surface area contributed by atoms with Gasteiger partial charge in [0.2, 0.25) is 0 Å². The summed E-state index contributed by atoms with van der Waals surface area (Å²) in [6, 6.07) is 7.07. The second-order valence-corrected chi connectivity index (χ2v) is 4.32. The Morgan fingerprint density at radius 2 is 1.68 bits per heavy atom. The summed E-state index contributed by atoms with van der Waals surface area (Å²) >= 11 is 6.07. The average molecular weight is 287 g/mol. The number of alkyl halides is 1. The summed E-state index contributed by atoms with van der Waals surface area (Å²) < 4.78 is 45.6. The van der Waals surface area contributed by atoms with Crippen molar-refractivity contribution >= 4 is 11.6 Å². The quantitative estimate of drug-likeness (QED) is 0.758. The second kappa shape index (κ2) is 5.53. The molecule has 0 saturated heterocycles. The summed E-state index contributed by atoms with van der Waals surface area (Å²) in [6.07, 6.45) is 0. The van der Waals surface area contributed by atoms with Crippen LogP contribution in [-0.2, 0) is 0 Å². The molecule has 0 N–H and O–H groups in total. The van der Waals surface area contributed by atoms with Gasteiger partial charge in [-0.25, -0.2) is 13.2 Å². The summed E-state index contributed by atoms with van der Waals surface area (Å²) in [5.74, 6) is -1.86. The third-order valence-corrected chi connectivity index (χ3v) is 3.17. The molecule has 0 aliphatic rings. The van der Waals surface area contributed by atoms with Crippen molar-refractivity contribution in [3.63, 3.8) is 0 Å². The number of methoxy groups -OCH3 is 1. The molecule has 0 saturated carbocycles. The van der Waals surface area contributed by atoms with Crippen LogP contribution in [0.15, 0.2) is 36.4 Å². The lowest BCUT2D eigenvalue weighted by atomic mass is 10.0. The molecule has 0 fully saturated rings. The van der Waals surface area contributed by atoms with Gasteiger partial charge < -0.3 is 4.74 Å². The molecule has 0 bridgehead atoms. The molecule has 0 aliphatic carbocycles. The van der Waals surface area contributed by atoms with Crippen LogP contribution in [0.25, 0.3) is 0 Å². The first-order chi connectivity index (χ1) is 9.04. The summed E-state index contributed by atoms with van der Waals surface area (Å²) in [7, 11) is 1.37. The molecule has 0 spiro atoms. The van der Waals surface area contributed by atoms with Gasteiger partial charge in [-0.3, -0.25) is 0 Å². The van der Waals surface area contributed by atoms with E-state index in [4.69, 9.17) is 16.3 Å². The molecule has 1 nitrogen and oxygen atoms in total. The Morgan fingerprint density at radius 3 is 2.26 bits per heavy atom. The first-order valence-corrected chi connectivity index (χ1v) is 5.89. The van der Waals surface area contributed by atoms with E-state index in [9.17, 15) is 13.2 Å². The minimum atomic E-state index is -1.17. The van der Waals surface area contributed by atoms with E-state index in [2.05, 4.69) is 0 Å². The van der Waals surface area contributed by atoms with E-state index in [-0.39, 0.29) is 16.9 Å². The molecule has 5 heteroatoms. The van der Waals surface area contributed by atoms with Crippen LogP contribution in [0.5, 0.6) is 5.75 Å². The SMILES string of the molecule is COc1ccc(F)cc1C(Cl)c1c(F)cccc1F. The Bertz CT molecular complexity index is 581. The topological polar surface area (TPSA) is 9.23 Å². The van der Waals surface area contributed by atoms with Crippen molar-refractivity contribution in [3.05, 3.63) is 65.0 Å². The molecule has 100 valence electrons. The fourth-order valence-corrected chi connectivity index (χ4v) is 2.19. The van der Waals surface area contributed by atoms with Crippen molar-refractivity contribution in [2.24, 2.45) is 0 Å². The highest BCUT2D eigenvalue weighted by Gasteiger charge is 2.23. The second-order valence-electron chi connectivity index (χ2n) is 3.88. The van der Waals surface area contributed by atoms with Crippen molar-refractivity contribution in [1.29, 1.82) is 0 Å². The number of ether oxygens (including phenoxy) is 1. The Kier molecular flexibility index (Phi) is 4.00. The Labute approximate surface area is 113 Å². The molecule has 2 rings (SSSR count). The fraction of sp³-hybridized carbons (Fsp3) is 0.143. The van der Waals surface area contributed by atoms with E-state index in [0.717, 1.165) is 18.2 Å². The molecule has 0 heterocycles. The number of benzene rings is 2. The minimum absolute atomic E-state index is 0.174. The maximum atomic E-state index is 13.7. The van der Waals surface area contributed by atoms with Crippen LogP contribution < -0.4 is 4.74 Å². The van der Waals surface area contributed by atoms with Gasteiger partial charge in [-0.15, -0.1) is 11.6 Å². The fourth-order valence-electron chi connectivity index (χ4n) is 1.81. The predicted molar refractivity (Wildman–Crippen MR) is 67.0 cm³/mol. The molecule has 1 unspecified atom stereocenters. The molecule has 0 amide bonds. The summed E-state index contributed by atoms with van der Waals surface area (Å²) in [4.78, 5) is 0. The number of hydrogen-bond acceptors (Lipinski definition) is 1. The molecule has 0 aliphatic heterocycles. The molecule has 2 aromatic rings. The van der Waals surface area contributed by atoms with Crippen LogP contribution in [-0.4, -0.2) is 7.11 Å². The Morgan fingerprint density at radius 1 is 1.05 bits per heavy atom. The zero-order valence-corrected chi connectivity index (χ0v) is 10.7. The maximum Gasteiger partial charge on any atom is 0.131 e. The van der Waals surface area contributed by atoms with Gasteiger partial charge in [0.1, 0.15) is 23.2 Å². The standard InChI is InChI=1S/C14H10ClF3O/c1-19-12-6-5-8(16)7-9(12)14(15)13-10(17)3-2-4-11(13)18/h2-7,14H,1H3. The van der Waals surface area contributed by atoms with Gasteiger partial charge in [-0.2, -0.15) is 0 Å². The highest BCUT2D eigenvalue weighted by atomic mass is 35.5. The van der Waals surface area contributed by atoms with Crippen LogP contribution in [0.1, 0.15) is 16.5 Å². The zero-order chi connectivity index (χ0) is 14.0. The molecular weight excluding hydrogens is 277 g/mol. The largest absolute Gasteiger partial charge is 0.496 e. The number of rotatable bonds is 3. The van der Waals surface area contributed by atoms with E-state index in [1.807, 2.05) is 0 Å². The van der Waals surface area contributed by atoms with Crippen molar-refractivity contribution in [2.45, 2.75) is 5.38 Å². The van der Waals surface area contributed by atoms with Gasteiger partial charge in [0.05, 0.1) is 12.5 Å². The Balaban J connectivity index is 2.55. The minimum Gasteiger partial charge on any atom is -0.496 e. The summed E-state index contributed by atoms with van der Waals surface area (Å²) in [5.41, 5.74) is -0.152. The lowest BCUT2D eigenvalue weighted by molar-refractivity contribution is 0.408. The van der Waals surface area contributed by atoms with Gasteiger partial charge in [-0.1, -0.05) is 6.07 Å². The molecule has 19 heavy (non-hydrogen) atoms. The van der Waals surface area contributed by atoms with Gasteiger partial charge >= 0.3 is 0 Å². The van der Waals surface area contributed by atoms with Crippen molar-refractivity contribution in [2.75, 3.05) is 7.11 Å². The van der Waals surface area contributed by atoms with Gasteiger partial charge in [-0.05, 0) is 30.3 Å². The highest BCUT2D eigenvalue weighted by molar-refractivity contribution is 6.22. The van der Waals surface area contributed by atoms with Crippen molar-refractivity contribution in [3.8, 4) is 5.75 Å². The van der Waals surface area contributed by atoms with E-state index < -0.39 is 22.8 Å². The van der Waals surface area contributed by atoms with Crippen molar-refractivity contribution in [1.82, 2.24) is 0 Å². The lowest BCUT2D eigenvalue weighted by Gasteiger charge is -2.15. The highest BCUT2D eigenvalue weighted by Crippen LogP contribution is 2.37. The first-order valence-electron chi connectivity index (χ1n) is 5.46. The summed E-state index contributed by atoms with van der Waals surface area (Å²) in [6.45, 7) is 0.